The standard InChI is InChI=1S/C26H25BrClFN13/c1-37-6-8-38(9-7-37)24-26-34-41(14-40(26)19-12-16(28)2-3-18(19)31-24)21-13-39(5-4-30-21)23-25-33-35-36-42(25)20-11-15(27)10-17(29)22(20)32-23/h2-3,10-12,14,21,30H,4-9,13H2,1H3/q+1. The van der Waals surface area contributed by atoms with Crippen molar-refractivity contribution in [3.8, 4) is 0 Å². The fourth-order valence-electron chi connectivity index (χ4n) is 5.80. The molecule has 1 atom stereocenters. The summed E-state index contributed by atoms with van der Waals surface area (Å²) in [5, 5.41) is 21.5. The highest BCUT2D eigenvalue weighted by Gasteiger charge is 2.32. The normalized spacial score (nSPS) is 18.7. The highest BCUT2D eigenvalue weighted by molar-refractivity contribution is 9.10. The first-order chi connectivity index (χ1) is 20.4. The van der Waals surface area contributed by atoms with E-state index in [2.05, 4.69) is 62.9 Å². The lowest BCUT2D eigenvalue weighted by Crippen LogP contribution is -2.48. The third-order valence-electron chi connectivity index (χ3n) is 8.00. The number of nitrogens with zero attached hydrogens (tertiary/aromatic N) is 12. The molecule has 0 amide bonds. The van der Waals surface area contributed by atoms with Crippen molar-refractivity contribution in [1.82, 2.24) is 50.0 Å². The van der Waals surface area contributed by atoms with Gasteiger partial charge < -0.3 is 14.7 Å². The Balaban J connectivity index is 1.21. The van der Waals surface area contributed by atoms with E-state index in [9.17, 15) is 0 Å². The van der Waals surface area contributed by atoms with Crippen LogP contribution in [-0.4, -0.2) is 97.6 Å². The number of tetrazole rings is 1. The predicted octanol–water partition coefficient (Wildman–Crippen LogP) is 2.07. The van der Waals surface area contributed by atoms with Gasteiger partial charge in [0.15, 0.2) is 17.8 Å². The number of halogens is 3. The number of aromatic nitrogens is 9. The summed E-state index contributed by atoms with van der Waals surface area (Å²) in [5.41, 5.74) is 3.63. The zero-order valence-corrected chi connectivity index (χ0v) is 24.8. The Morgan fingerprint density at radius 2 is 1.90 bits per heavy atom. The van der Waals surface area contributed by atoms with E-state index in [0.717, 1.165) is 48.7 Å². The van der Waals surface area contributed by atoms with Gasteiger partial charge in [0, 0.05) is 48.8 Å². The lowest BCUT2D eigenvalue weighted by Gasteiger charge is -2.32. The van der Waals surface area contributed by atoms with E-state index >= 15 is 4.39 Å². The molecule has 6 heterocycles. The van der Waals surface area contributed by atoms with E-state index in [1.165, 1.54) is 10.6 Å². The van der Waals surface area contributed by atoms with Crippen molar-refractivity contribution in [3.05, 3.63) is 52.0 Å². The van der Waals surface area contributed by atoms with Gasteiger partial charge in [0.05, 0.1) is 17.2 Å². The number of hydrogen-bond donors (Lipinski definition) is 1. The van der Waals surface area contributed by atoms with Crippen molar-refractivity contribution in [3.63, 3.8) is 0 Å². The SMILES string of the molecule is CN1CCN(c2nc3ccc(Cl)cc3[n+]3cn(C4CN(c5nc6c(F)cc(Br)cc6n6nnnc56)CCN4)nc23)CC1. The largest absolute Gasteiger partial charge is 0.349 e. The summed E-state index contributed by atoms with van der Waals surface area (Å²) in [6.45, 7) is 5.43. The van der Waals surface area contributed by atoms with Crippen molar-refractivity contribution < 1.29 is 8.79 Å². The number of anilines is 2. The van der Waals surface area contributed by atoms with Crippen LogP contribution in [0, 0.1) is 5.82 Å². The minimum atomic E-state index is -0.450. The summed E-state index contributed by atoms with van der Waals surface area (Å²) in [4.78, 5) is 16.4. The van der Waals surface area contributed by atoms with E-state index in [4.69, 9.17) is 26.7 Å². The van der Waals surface area contributed by atoms with E-state index in [1.54, 1.807) is 6.07 Å². The second-order valence-corrected chi connectivity index (χ2v) is 12.0. The number of hydrogen-bond acceptors (Lipinski definition) is 10. The first-order valence-corrected chi connectivity index (χ1v) is 14.8. The summed E-state index contributed by atoms with van der Waals surface area (Å²) in [7, 11) is 2.13. The second kappa shape index (κ2) is 9.90. The lowest BCUT2D eigenvalue weighted by molar-refractivity contribution is -0.483. The number of fused-ring (bicyclic) bond motifs is 6. The third-order valence-corrected chi connectivity index (χ3v) is 8.69. The molecular formula is C26H25BrClFN13+. The minimum absolute atomic E-state index is 0.203. The van der Waals surface area contributed by atoms with Crippen LogP contribution in [-0.2, 0) is 0 Å². The van der Waals surface area contributed by atoms with Gasteiger partial charge in [0.2, 0.25) is 17.8 Å². The third kappa shape index (κ3) is 4.21. The molecule has 42 heavy (non-hydrogen) atoms. The fourth-order valence-corrected chi connectivity index (χ4v) is 6.38. The fraction of sp³-hybridized carbons (Fsp3) is 0.346. The van der Waals surface area contributed by atoms with E-state index in [-0.39, 0.29) is 11.7 Å². The van der Waals surface area contributed by atoms with Crippen LogP contribution in [0.4, 0.5) is 16.0 Å². The number of rotatable bonds is 3. The van der Waals surface area contributed by atoms with Crippen molar-refractivity contribution in [2.75, 3.05) is 62.7 Å². The molecule has 2 saturated heterocycles. The molecular weight excluding hydrogens is 629 g/mol. The van der Waals surface area contributed by atoms with Crippen LogP contribution in [0.3, 0.4) is 0 Å². The maximum Gasteiger partial charge on any atom is 0.349 e. The molecule has 2 aromatic carbocycles. The average molecular weight is 654 g/mol. The number of likely N-dealkylation sites (N-methyl/N-ethyl adjacent to an activating group) is 1. The molecule has 2 aliphatic heterocycles. The molecule has 0 bridgehead atoms. The monoisotopic (exact) mass is 652 g/mol. The summed E-state index contributed by atoms with van der Waals surface area (Å²) in [5.74, 6) is 0.911. The molecule has 0 saturated carbocycles. The zero-order valence-electron chi connectivity index (χ0n) is 22.5. The van der Waals surface area contributed by atoms with E-state index in [0.29, 0.717) is 46.1 Å². The van der Waals surface area contributed by atoms with Crippen LogP contribution < -0.4 is 19.5 Å². The van der Waals surface area contributed by atoms with Crippen LogP contribution >= 0.6 is 27.5 Å². The first-order valence-electron chi connectivity index (χ1n) is 13.6. The van der Waals surface area contributed by atoms with Crippen molar-refractivity contribution in [2.24, 2.45) is 0 Å². The van der Waals surface area contributed by atoms with Crippen molar-refractivity contribution in [2.45, 2.75) is 6.17 Å². The summed E-state index contributed by atoms with van der Waals surface area (Å²) >= 11 is 9.76. The highest BCUT2D eigenvalue weighted by atomic mass is 79.9. The molecule has 13 nitrogen and oxygen atoms in total. The van der Waals surface area contributed by atoms with E-state index < -0.39 is 5.82 Å². The van der Waals surface area contributed by atoms with Crippen LogP contribution in [0.1, 0.15) is 6.17 Å². The molecule has 16 heteroatoms. The first kappa shape index (κ1) is 25.9. The Kier molecular flexibility index (Phi) is 6.10. The molecule has 4 aromatic heterocycles. The van der Waals surface area contributed by atoms with Gasteiger partial charge in [-0.2, -0.15) is 8.92 Å². The number of nitrogens with one attached hydrogen (secondary N) is 1. The van der Waals surface area contributed by atoms with Gasteiger partial charge in [0.25, 0.3) is 0 Å². The van der Waals surface area contributed by atoms with Crippen molar-refractivity contribution >= 4 is 72.5 Å². The molecule has 0 radical (unpaired) electrons. The topological polar surface area (TPSA) is 113 Å². The van der Waals surface area contributed by atoms with Gasteiger partial charge in [-0.25, -0.2) is 14.4 Å². The molecule has 6 aromatic rings. The van der Waals surface area contributed by atoms with E-state index in [1.807, 2.05) is 29.2 Å². The Morgan fingerprint density at radius 3 is 2.76 bits per heavy atom. The van der Waals surface area contributed by atoms with Gasteiger partial charge in [-0.15, -0.1) is 5.10 Å². The average Bonchev–Trinajstić information content (AvgIpc) is 3.66. The van der Waals surface area contributed by atoms with Crippen molar-refractivity contribution in [1.29, 1.82) is 0 Å². The smallest absolute Gasteiger partial charge is 0.348 e. The Labute approximate surface area is 251 Å². The summed E-state index contributed by atoms with van der Waals surface area (Å²) < 4.78 is 21.1. The summed E-state index contributed by atoms with van der Waals surface area (Å²) in [6.07, 6.45) is 1.77. The van der Waals surface area contributed by atoms with Gasteiger partial charge >= 0.3 is 5.65 Å². The summed E-state index contributed by atoms with van der Waals surface area (Å²) in [6, 6.07) is 8.88. The van der Waals surface area contributed by atoms with Crippen LogP contribution in [0.25, 0.3) is 33.4 Å². The molecule has 8 rings (SSSR count). The Morgan fingerprint density at radius 1 is 1.05 bits per heavy atom. The maximum absolute atomic E-state index is 15.0. The van der Waals surface area contributed by atoms with Gasteiger partial charge in [-0.1, -0.05) is 32.2 Å². The van der Waals surface area contributed by atoms with Crippen LogP contribution in [0.15, 0.2) is 41.1 Å². The predicted molar refractivity (Wildman–Crippen MR) is 158 cm³/mol. The minimum Gasteiger partial charge on any atom is -0.348 e. The highest BCUT2D eigenvalue weighted by Crippen LogP contribution is 2.29. The zero-order chi connectivity index (χ0) is 28.5. The molecule has 0 spiro atoms. The van der Waals surface area contributed by atoms with Crippen LogP contribution in [0.2, 0.25) is 5.02 Å². The van der Waals surface area contributed by atoms with Crippen LogP contribution in [0.5, 0.6) is 0 Å². The Bertz CT molecular complexity index is 2000. The number of piperazine rings is 2. The molecule has 0 aliphatic carbocycles. The molecule has 1 N–H and O–H groups in total. The quantitative estimate of drug-likeness (QED) is 0.285. The van der Waals surface area contributed by atoms with Gasteiger partial charge in [0.1, 0.15) is 16.6 Å². The Hall–Kier alpha value is -3.79. The second-order valence-electron chi connectivity index (χ2n) is 10.7. The van der Waals surface area contributed by atoms with Gasteiger partial charge in [-0.3, -0.25) is 5.32 Å². The number of benzene rings is 2. The molecule has 1 unspecified atom stereocenters. The maximum atomic E-state index is 15.0. The molecule has 214 valence electrons. The molecule has 2 aliphatic rings. The molecule has 2 fully saturated rings. The lowest BCUT2D eigenvalue weighted by atomic mass is 10.2. The van der Waals surface area contributed by atoms with Gasteiger partial charge in [-0.05, 0) is 47.8 Å².